The molecular weight excluding hydrogens is 174 g/mol. The Labute approximate surface area is 88.0 Å². The minimum Gasteiger partial charge on any atom is -0.327 e. The highest BCUT2D eigenvalue weighted by Gasteiger charge is 2.11. The summed E-state index contributed by atoms with van der Waals surface area (Å²) in [5, 5.41) is 3.37. The second-order valence-electron chi connectivity index (χ2n) is 4.64. The van der Waals surface area contributed by atoms with Crippen molar-refractivity contribution in [3.8, 4) is 0 Å². The van der Waals surface area contributed by atoms with Gasteiger partial charge in [0, 0.05) is 32.2 Å². The monoisotopic (exact) mass is 199 g/mol. The summed E-state index contributed by atoms with van der Waals surface area (Å²) < 4.78 is 0. The molecule has 0 amide bonds. The smallest absolute Gasteiger partial charge is 0.0107 e. The number of hydrogen-bond donors (Lipinski definition) is 2. The van der Waals surface area contributed by atoms with E-state index in [0.29, 0.717) is 12.0 Å². The van der Waals surface area contributed by atoms with Gasteiger partial charge in [-0.25, -0.2) is 0 Å². The zero-order chi connectivity index (χ0) is 10.4. The van der Waals surface area contributed by atoms with Gasteiger partial charge in [0.25, 0.3) is 0 Å². The summed E-state index contributed by atoms with van der Waals surface area (Å²) in [7, 11) is 0. The van der Waals surface area contributed by atoms with Gasteiger partial charge in [-0.2, -0.15) is 0 Å². The Hall–Kier alpha value is -0.120. The van der Waals surface area contributed by atoms with Crippen LogP contribution in [0.1, 0.15) is 26.7 Å². The van der Waals surface area contributed by atoms with E-state index in [1.165, 1.54) is 32.5 Å². The fourth-order valence-electron chi connectivity index (χ4n) is 1.82. The molecule has 0 aromatic heterocycles. The molecule has 3 nitrogen and oxygen atoms in total. The highest BCUT2D eigenvalue weighted by molar-refractivity contribution is 4.70. The van der Waals surface area contributed by atoms with Gasteiger partial charge in [0.1, 0.15) is 0 Å². The van der Waals surface area contributed by atoms with Crippen LogP contribution in [0.15, 0.2) is 0 Å². The first-order valence-electron chi connectivity index (χ1n) is 5.89. The number of rotatable bonds is 5. The maximum atomic E-state index is 6.00. The van der Waals surface area contributed by atoms with Crippen LogP contribution in [0.2, 0.25) is 0 Å². The standard InChI is InChI=1S/C11H25N3/c1-10(2)11(12)4-3-7-14-8-5-13-6-9-14/h10-11,13H,3-9,12H2,1-2H3. The highest BCUT2D eigenvalue weighted by Crippen LogP contribution is 2.06. The Kier molecular flexibility index (Phi) is 5.45. The predicted molar refractivity (Wildman–Crippen MR) is 61.4 cm³/mol. The molecule has 1 rings (SSSR count). The van der Waals surface area contributed by atoms with Gasteiger partial charge in [0.05, 0.1) is 0 Å². The molecule has 1 fully saturated rings. The summed E-state index contributed by atoms with van der Waals surface area (Å²) >= 11 is 0. The number of piperazine rings is 1. The fourth-order valence-corrected chi connectivity index (χ4v) is 1.82. The van der Waals surface area contributed by atoms with Gasteiger partial charge in [0.15, 0.2) is 0 Å². The third-order valence-electron chi connectivity index (χ3n) is 3.08. The van der Waals surface area contributed by atoms with Crippen LogP contribution in [-0.4, -0.2) is 43.7 Å². The molecule has 1 saturated heterocycles. The van der Waals surface area contributed by atoms with Crippen molar-refractivity contribution < 1.29 is 0 Å². The molecule has 0 aromatic carbocycles. The SMILES string of the molecule is CC(C)C(N)CCCN1CCNCC1. The average molecular weight is 199 g/mol. The summed E-state index contributed by atoms with van der Waals surface area (Å²) in [6, 6.07) is 0.387. The van der Waals surface area contributed by atoms with E-state index in [9.17, 15) is 0 Å². The maximum absolute atomic E-state index is 6.00. The van der Waals surface area contributed by atoms with Crippen molar-refractivity contribution in [1.82, 2.24) is 10.2 Å². The molecule has 0 aliphatic carbocycles. The Morgan fingerprint density at radius 2 is 1.93 bits per heavy atom. The Morgan fingerprint density at radius 1 is 1.29 bits per heavy atom. The molecule has 1 atom stereocenters. The van der Waals surface area contributed by atoms with Crippen molar-refractivity contribution in [3.63, 3.8) is 0 Å². The van der Waals surface area contributed by atoms with E-state index >= 15 is 0 Å². The van der Waals surface area contributed by atoms with Crippen molar-refractivity contribution in [2.75, 3.05) is 32.7 Å². The van der Waals surface area contributed by atoms with Gasteiger partial charge in [-0.1, -0.05) is 13.8 Å². The lowest BCUT2D eigenvalue weighted by molar-refractivity contribution is 0.232. The largest absolute Gasteiger partial charge is 0.327 e. The van der Waals surface area contributed by atoms with E-state index in [1.807, 2.05) is 0 Å². The second kappa shape index (κ2) is 6.38. The molecule has 14 heavy (non-hydrogen) atoms. The lowest BCUT2D eigenvalue weighted by Crippen LogP contribution is -2.44. The normalized spacial score (nSPS) is 21.4. The fraction of sp³-hybridized carbons (Fsp3) is 1.00. The molecule has 1 heterocycles. The van der Waals surface area contributed by atoms with Crippen LogP contribution in [0.25, 0.3) is 0 Å². The van der Waals surface area contributed by atoms with Gasteiger partial charge in [0.2, 0.25) is 0 Å². The van der Waals surface area contributed by atoms with Gasteiger partial charge in [-0.15, -0.1) is 0 Å². The Bertz CT molecular complexity index is 141. The minimum absolute atomic E-state index is 0.387. The first-order chi connectivity index (χ1) is 6.70. The third-order valence-corrected chi connectivity index (χ3v) is 3.08. The van der Waals surface area contributed by atoms with Crippen molar-refractivity contribution in [3.05, 3.63) is 0 Å². The predicted octanol–water partition coefficient (Wildman–Crippen LogP) is 0.655. The molecule has 1 aliphatic rings. The molecule has 0 saturated carbocycles. The van der Waals surface area contributed by atoms with E-state index in [2.05, 4.69) is 24.1 Å². The van der Waals surface area contributed by atoms with Crippen LogP contribution in [-0.2, 0) is 0 Å². The Morgan fingerprint density at radius 3 is 2.50 bits per heavy atom. The highest BCUT2D eigenvalue weighted by atomic mass is 15.2. The topological polar surface area (TPSA) is 41.3 Å². The summed E-state index contributed by atoms with van der Waals surface area (Å²) in [5.41, 5.74) is 6.00. The van der Waals surface area contributed by atoms with Gasteiger partial charge in [-0.3, -0.25) is 0 Å². The van der Waals surface area contributed by atoms with Gasteiger partial charge >= 0.3 is 0 Å². The van der Waals surface area contributed by atoms with E-state index in [0.717, 1.165) is 13.1 Å². The van der Waals surface area contributed by atoms with Gasteiger partial charge < -0.3 is 16.0 Å². The van der Waals surface area contributed by atoms with E-state index in [-0.39, 0.29) is 0 Å². The van der Waals surface area contributed by atoms with Crippen LogP contribution in [0, 0.1) is 5.92 Å². The summed E-state index contributed by atoms with van der Waals surface area (Å²) in [6.07, 6.45) is 2.42. The maximum Gasteiger partial charge on any atom is 0.0107 e. The van der Waals surface area contributed by atoms with Crippen LogP contribution >= 0.6 is 0 Å². The van der Waals surface area contributed by atoms with Crippen molar-refractivity contribution in [2.24, 2.45) is 11.7 Å². The summed E-state index contributed by atoms with van der Waals surface area (Å²) in [4.78, 5) is 2.53. The molecule has 1 aliphatic heterocycles. The molecular formula is C11H25N3. The van der Waals surface area contributed by atoms with Crippen LogP contribution in [0.5, 0.6) is 0 Å². The molecule has 0 spiro atoms. The lowest BCUT2D eigenvalue weighted by atomic mass is 10.0. The first kappa shape index (κ1) is 12.0. The van der Waals surface area contributed by atoms with Crippen LogP contribution in [0.4, 0.5) is 0 Å². The molecule has 3 N–H and O–H groups in total. The number of hydrogen-bond acceptors (Lipinski definition) is 3. The van der Waals surface area contributed by atoms with Crippen molar-refractivity contribution in [2.45, 2.75) is 32.7 Å². The second-order valence-corrected chi connectivity index (χ2v) is 4.64. The lowest BCUT2D eigenvalue weighted by Gasteiger charge is -2.27. The van der Waals surface area contributed by atoms with Crippen molar-refractivity contribution >= 4 is 0 Å². The molecule has 84 valence electrons. The molecule has 3 heteroatoms. The van der Waals surface area contributed by atoms with Gasteiger partial charge in [-0.05, 0) is 25.3 Å². The summed E-state index contributed by atoms with van der Waals surface area (Å²) in [6.45, 7) is 10.3. The number of nitrogens with one attached hydrogen (secondary N) is 1. The number of nitrogens with two attached hydrogens (primary N) is 1. The zero-order valence-corrected chi connectivity index (χ0v) is 9.63. The summed E-state index contributed by atoms with van der Waals surface area (Å²) in [5.74, 6) is 0.623. The quantitative estimate of drug-likeness (QED) is 0.683. The third kappa shape index (κ3) is 4.40. The average Bonchev–Trinajstić information content (AvgIpc) is 2.19. The molecule has 0 bridgehead atoms. The number of nitrogens with zero attached hydrogens (tertiary/aromatic N) is 1. The Balaban J connectivity index is 2.02. The molecule has 1 unspecified atom stereocenters. The first-order valence-corrected chi connectivity index (χ1v) is 5.89. The van der Waals surface area contributed by atoms with E-state index < -0.39 is 0 Å². The van der Waals surface area contributed by atoms with Crippen LogP contribution < -0.4 is 11.1 Å². The van der Waals surface area contributed by atoms with Crippen LogP contribution in [0.3, 0.4) is 0 Å². The van der Waals surface area contributed by atoms with E-state index in [4.69, 9.17) is 5.73 Å². The van der Waals surface area contributed by atoms with E-state index in [1.54, 1.807) is 0 Å². The molecule has 0 radical (unpaired) electrons. The molecule has 0 aromatic rings. The zero-order valence-electron chi connectivity index (χ0n) is 9.63. The van der Waals surface area contributed by atoms with Crippen molar-refractivity contribution in [1.29, 1.82) is 0 Å². The minimum atomic E-state index is 0.387.